The fourth-order valence-corrected chi connectivity index (χ4v) is 9.42. The van der Waals surface area contributed by atoms with Crippen LogP contribution in [0.3, 0.4) is 0 Å². The molecule has 0 unspecified atom stereocenters. The third kappa shape index (κ3) is 18.0. The molecule has 14 heteroatoms. The monoisotopic (exact) mass is 1030 g/mol. The summed E-state index contributed by atoms with van der Waals surface area (Å²) >= 11 is 0. The first-order valence-corrected chi connectivity index (χ1v) is 26.4. The molecule has 13 nitrogen and oxygen atoms in total. The molecule has 0 radical (unpaired) electrons. The SMILES string of the molecule is C=C(C)C(=O)OCCCc1cc(-c2ccc(-c3ccc(C4CCC(CCCCC)CC4)cc3)cc2F)c(CC)c(CCCCCCC)c1OCC(COC(=O)C(=C)C)(COC(=O)C(=O)OC)COC(=O)C(=O)OC. The molecule has 1 saturated carbocycles. The van der Waals surface area contributed by atoms with Crippen molar-refractivity contribution in [2.24, 2.45) is 11.3 Å². The third-order valence-electron chi connectivity index (χ3n) is 13.8. The smallest absolute Gasteiger partial charge is 0.417 e. The number of benzene rings is 3. The maximum absolute atomic E-state index is 17.0. The second-order valence-electron chi connectivity index (χ2n) is 19.7. The standard InChI is InChI=1S/C60H79FO13/c1-10-13-15-16-18-22-50-48(12-3)51(49-32-31-46(35-52(49)61)45-29-27-44(28-30-45)43-25-23-42(24-26-43)20-17-14-11-2)34-47(21-19-33-70-54(62)40(4)5)53(50)71-36-60(37-72-55(63)41(6)7,38-73-58(66)56(64)68-8)39-74-59(67)57(65)69-9/h27-32,34-35,42-43H,4,6,10-26,33,36-39H2,1-3,5,7-9H3. The first-order valence-electron chi connectivity index (χ1n) is 26.4. The van der Waals surface area contributed by atoms with E-state index in [2.05, 4.69) is 60.7 Å². The molecule has 3 aromatic carbocycles. The van der Waals surface area contributed by atoms with Gasteiger partial charge in [0.15, 0.2) is 0 Å². The van der Waals surface area contributed by atoms with Gasteiger partial charge < -0.3 is 33.2 Å². The minimum Gasteiger partial charge on any atom is -0.492 e. The highest BCUT2D eigenvalue weighted by molar-refractivity contribution is 6.30. The molecule has 404 valence electrons. The molecule has 0 atom stereocenters. The van der Waals surface area contributed by atoms with Crippen molar-refractivity contribution in [1.29, 1.82) is 0 Å². The predicted molar refractivity (Wildman–Crippen MR) is 282 cm³/mol. The lowest BCUT2D eigenvalue weighted by Gasteiger charge is -2.33. The predicted octanol–water partition coefficient (Wildman–Crippen LogP) is 12.1. The minimum absolute atomic E-state index is 0.0261. The molecule has 0 N–H and O–H groups in total. The van der Waals surface area contributed by atoms with E-state index in [1.807, 2.05) is 25.1 Å². The molecule has 0 heterocycles. The number of carbonyl (C=O) groups excluding carboxylic acids is 6. The van der Waals surface area contributed by atoms with Crippen LogP contribution >= 0.6 is 0 Å². The van der Waals surface area contributed by atoms with Gasteiger partial charge in [-0.2, -0.15) is 0 Å². The average molecular weight is 1030 g/mol. The van der Waals surface area contributed by atoms with Gasteiger partial charge >= 0.3 is 35.8 Å². The molecular formula is C60H79FO13. The Morgan fingerprint density at radius 1 is 0.581 bits per heavy atom. The zero-order chi connectivity index (χ0) is 54.2. The van der Waals surface area contributed by atoms with Crippen LogP contribution in [0.2, 0.25) is 0 Å². The first-order chi connectivity index (χ1) is 35.5. The maximum Gasteiger partial charge on any atom is 0.417 e. The second-order valence-corrected chi connectivity index (χ2v) is 19.7. The third-order valence-corrected chi connectivity index (χ3v) is 13.8. The van der Waals surface area contributed by atoms with Crippen LogP contribution in [-0.4, -0.2) is 83.1 Å². The summed E-state index contributed by atoms with van der Waals surface area (Å²) in [7, 11) is 1.98. The van der Waals surface area contributed by atoms with Gasteiger partial charge in [-0.1, -0.05) is 122 Å². The van der Waals surface area contributed by atoms with E-state index in [1.54, 1.807) is 13.0 Å². The van der Waals surface area contributed by atoms with Crippen LogP contribution < -0.4 is 4.74 Å². The summed E-state index contributed by atoms with van der Waals surface area (Å²) in [5.41, 5.74) is 4.74. The summed E-state index contributed by atoms with van der Waals surface area (Å²) in [6.45, 7) is 14.1. The van der Waals surface area contributed by atoms with E-state index in [0.29, 0.717) is 47.6 Å². The summed E-state index contributed by atoms with van der Waals surface area (Å²) in [6.07, 6.45) is 16.4. The number of carbonyl (C=O) groups is 6. The fraction of sp³-hybridized carbons (Fsp3) is 0.533. The van der Waals surface area contributed by atoms with Crippen LogP contribution in [-0.2, 0) is 76.5 Å². The summed E-state index contributed by atoms with van der Waals surface area (Å²) < 4.78 is 54.7. The molecular weight excluding hydrogens is 948 g/mol. The summed E-state index contributed by atoms with van der Waals surface area (Å²) in [5.74, 6) is -5.50. The van der Waals surface area contributed by atoms with Gasteiger partial charge in [0, 0.05) is 16.7 Å². The van der Waals surface area contributed by atoms with E-state index >= 15 is 4.39 Å². The van der Waals surface area contributed by atoms with Gasteiger partial charge in [-0.3, -0.25) is 0 Å². The van der Waals surface area contributed by atoms with E-state index in [0.717, 1.165) is 74.5 Å². The van der Waals surface area contributed by atoms with Gasteiger partial charge in [-0.25, -0.2) is 33.2 Å². The van der Waals surface area contributed by atoms with Crippen molar-refractivity contribution < 1.29 is 66.3 Å². The van der Waals surface area contributed by atoms with Gasteiger partial charge in [0.05, 0.1) is 20.8 Å². The van der Waals surface area contributed by atoms with E-state index in [1.165, 1.54) is 63.9 Å². The molecule has 0 saturated heterocycles. The lowest BCUT2D eigenvalue weighted by molar-refractivity contribution is -0.177. The lowest BCUT2D eigenvalue weighted by atomic mass is 9.77. The second kappa shape index (κ2) is 30.8. The van der Waals surface area contributed by atoms with Crippen LogP contribution in [0.1, 0.15) is 153 Å². The number of ether oxygens (including phenoxy) is 7. The number of halogens is 1. The van der Waals surface area contributed by atoms with Crippen LogP contribution in [0.15, 0.2) is 72.8 Å². The Morgan fingerprint density at radius 3 is 1.69 bits per heavy atom. The number of rotatable bonds is 29. The van der Waals surface area contributed by atoms with Crippen molar-refractivity contribution in [3.63, 3.8) is 0 Å². The van der Waals surface area contributed by atoms with Gasteiger partial charge in [0.25, 0.3) is 0 Å². The van der Waals surface area contributed by atoms with Crippen LogP contribution in [0, 0.1) is 17.2 Å². The molecule has 4 rings (SSSR count). The summed E-state index contributed by atoms with van der Waals surface area (Å²) in [5, 5.41) is 0. The van der Waals surface area contributed by atoms with Crippen LogP contribution in [0.5, 0.6) is 5.75 Å². The quantitative estimate of drug-likeness (QED) is 0.0212. The topological polar surface area (TPSA) is 167 Å². The Balaban J connectivity index is 1.84. The Labute approximate surface area is 437 Å². The zero-order valence-electron chi connectivity index (χ0n) is 44.9. The van der Waals surface area contributed by atoms with E-state index in [-0.39, 0.29) is 24.2 Å². The number of methoxy groups -OCH3 is 2. The minimum atomic E-state index is -1.76. The molecule has 1 aliphatic rings. The van der Waals surface area contributed by atoms with E-state index in [4.69, 9.17) is 23.7 Å². The van der Waals surface area contributed by atoms with Gasteiger partial charge in [0.1, 0.15) is 43.4 Å². The van der Waals surface area contributed by atoms with Crippen molar-refractivity contribution in [2.45, 2.75) is 150 Å². The molecule has 1 aliphatic carbocycles. The van der Waals surface area contributed by atoms with Crippen molar-refractivity contribution in [2.75, 3.05) is 47.3 Å². The van der Waals surface area contributed by atoms with Gasteiger partial charge in [-0.05, 0) is 135 Å². The summed E-state index contributed by atoms with van der Waals surface area (Å²) in [6, 6.07) is 15.7. The number of unbranched alkanes of at least 4 members (excludes halogenated alkanes) is 6. The number of hydrogen-bond donors (Lipinski definition) is 0. The molecule has 74 heavy (non-hydrogen) atoms. The Kier molecular flexibility index (Phi) is 25.1. The van der Waals surface area contributed by atoms with Crippen molar-refractivity contribution in [1.82, 2.24) is 0 Å². The summed E-state index contributed by atoms with van der Waals surface area (Å²) in [4.78, 5) is 75.3. The molecule has 0 aliphatic heterocycles. The highest BCUT2D eigenvalue weighted by Crippen LogP contribution is 2.42. The molecule has 1 fully saturated rings. The van der Waals surface area contributed by atoms with Crippen LogP contribution in [0.4, 0.5) is 4.39 Å². The first kappa shape index (κ1) is 60.2. The van der Waals surface area contributed by atoms with Crippen molar-refractivity contribution in [3.8, 4) is 28.0 Å². The van der Waals surface area contributed by atoms with Gasteiger partial charge in [-0.15, -0.1) is 0 Å². The molecule has 0 amide bonds. The van der Waals surface area contributed by atoms with Crippen molar-refractivity contribution >= 4 is 35.8 Å². The van der Waals surface area contributed by atoms with Gasteiger partial charge in [0.2, 0.25) is 0 Å². The van der Waals surface area contributed by atoms with Crippen molar-refractivity contribution in [3.05, 3.63) is 101 Å². The lowest BCUT2D eigenvalue weighted by Crippen LogP contribution is -2.45. The fourth-order valence-electron chi connectivity index (χ4n) is 9.42. The number of aryl methyl sites for hydroxylation is 1. The largest absolute Gasteiger partial charge is 0.492 e. The molecule has 0 aromatic heterocycles. The maximum atomic E-state index is 17.0. The highest BCUT2D eigenvalue weighted by atomic mass is 19.1. The zero-order valence-corrected chi connectivity index (χ0v) is 44.9. The molecule has 0 spiro atoms. The highest BCUT2D eigenvalue weighted by Gasteiger charge is 2.40. The Bertz CT molecular complexity index is 2360. The normalized spacial score (nSPS) is 14.3. The molecule has 0 bridgehead atoms. The average Bonchev–Trinajstić information content (AvgIpc) is 3.40. The number of hydrogen-bond acceptors (Lipinski definition) is 13. The Hall–Kier alpha value is -6.31. The van der Waals surface area contributed by atoms with E-state index < -0.39 is 73.5 Å². The molecule has 3 aromatic rings. The van der Waals surface area contributed by atoms with Crippen LogP contribution in [0.25, 0.3) is 22.3 Å². The number of esters is 6. The Morgan fingerprint density at radius 2 is 1.14 bits per heavy atom. The van der Waals surface area contributed by atoms with E-state index in [9.17, 15) is 28.8 Å².